The van der Waals surface area contributed by atoms with E-state index in [-0.39, 0.29) is 0 Å². The number of hydrogen-bond donors (Lipinski definition) is 2. The minimum absolute atomic E-state index is 0.359. The first-order valence-corrected chi connectivity index (χ1v) is 15.6. The van der Waals surface area contributed by atoms with Gasteiger partial charge in [0.25, 0.3) is 0 Å². The Hall–Kier alpha value is -2.90. The van der Waals surface area contributed by atoms with Crippen LogP contribution in [-0.2, 0) is 29.7 Å². The minimum atomic E-state index is -5.27. The third kappa shape index (κ3) is 11.0. The van der Waals surface area contributed by atoms with Gasteiger partial charge in [0.15, 0.2) is 9.84 Å². The van der Waals surface area contributed by atoms with Crippen molar-refractivity contribution in [1.82, 2.24) is 10.3 Å². The molecule has 0 aliphatic rings. The molecule has 2 aromatic rings. The molecule has 2 rings (SSSR count). The molecule has 43 heavy (non-hydrogen) atoms. The van der Waals surface area contributed by atoms with Crippen molar-refractivity contribution >= 4 is 33.5 Å². The van der Waals surface area contributed by atoms with Crippen molar-refractivity contribution in [3.8, 4) is 11.1 Å². The molecule has 0 spiro atoms. The Morgan fingerprint density at radius 1 is 1.00 bits per heavy atom. The Bertz CT molecular complexity index is 1400. The number of esters is 1. The van der Waals surface area contributed by atoms with Crippen LogP contribution < -0.4 is 5.32 Å². The lowest BCUT2D eigenvalue weighted by molar-refractivity contribution is -0.268. The number of aryl methyl sites for hydroxylation is 1. The minimum Gasteiger partial charge on any atom is -0.458 e. The summed E-state index contributed by atoms with van der Waals surface area (Å²) in [5.74, 6) is -2.83. The summed E-state index contributed by atoms with van der Waals surface area (Å²) in [5.41, 5.74) is -4.48. The molecule has 9 nitrogen and oxygen atoms in total. The highest BCUT2D eigenvalue weighted by molar-refractivity contribution is 7.91. The lowest BCUT2D eigenvalue weighted by Gasteiger charge is -2.30. The van der Waals surface area contributed by atoms with Crippen LogP contribution in [0.1, 0.15) is 65.6 Å². The molecule has 1 amide bonds. The first-order chi connectivity index (χ1) is 19.4. The summed E-state index contributed by atoms with van der Waals surface area (Å²) in [6, 6.07) is 5.93. The second kappa shape index (κ2) is 13.4. The van der Waals surface area contributed by atoms with Gasteiger partial charge in [-0.1, -0.05) is 29.8 Å². The maximum absolute atomic E-state index is 14.1. The van der Waals surface area contributed by atoms with Crippen molar-refractivity contribution in [3.63, 3.8) is 0 Å². The van der Waals surface area contributed by atoms with Crippen molar-refractivity contribution in [2.24, 2.45) is 0 Å². The van der Waals surface area contributed by atoms with Crippen molar-refractivity contribution in [2.45, 2.75) is 90.3 Å². The summed E-state index contributed by atoms with van der Waals surface area (Å²) in [4.78, 5) is 28.8. The number of hydrogen-bond acceptors (Lipinski definition) is 8. The molecule has 1 heterocycles. The molecule has 1 aromatic heterocycles. The van der Waals surface area contributed by atoms with Gasteiger partial charge in [0, 0.05) is 28.8 Å². The number of sulfone groups is 1. The van der Waals surface area contributed by atoms with E-state index in [1.165, 1.54) is 6.07 Å². The molecule has 0 bridgehead atoms. The number of alkyl carbamates (subject to hydrolysis) is 1. The van der Waals surface area contributed by atoms with Crippen molar-refractivity contribution in [1.29, 1.82) is 0 Å². The normalized spacial score (nSPS) is 14.9. The van der Waals surface area contributed by atoms with Crippen LogP contribution in [0, 0.1) is 6.92 Å². The average Bonchev–Trinajstić information content (AvgIpc) is 2.82. The highest BCUT2D eigenvalue weighted by Gasteiger charge is 2.56. The van der Waals surface area contributed by atoms with Crippen LogP contribution in [0.25, 0.3) is 11.1 Å². The van der Waals surface area contributed by atoms with Crippen LogP contribution in [0.5, 0.6) is 0 Å². The molecule has 1 unspecified atom stereocenters. The number of halogens is 4. The fraction of sp³-hybridized carbons (Fsp3) is 0.552. The number of aromatic nitrogens is 1. The molecular weight excluding hydrogens is 613 g/mol. The highest BCUT2D eigenvalue weighted by atomic mass is 35.5. The molecule has 240 valence electrons. The quantitative estimate of drug-likeness (QED) is 0.304. The van der Waals surface area contributed by atoms with Gasteiger partial charge in [0.05, 0.1) is 17.2 Å². The van der Waals surface area contributed by atoms with Gasteiger partial charge in [-0.25, -0.2) is 18.0 Å². The Balaban J connectivity index is 2.23. The van der Waals surface area contributed by atoms with Crippen molar-refractivity contribution in [3.05, 3.63) is 52.8 Å². The summed E-state index contributed by atoms with van der Waals surface area (Å²) >= 11 is 6.24. The summed E-state index contributed by atoms with van der Waals surface area (Å²) < 4.78 is 78.5. The third-order valence-electron chi connectivity index (χ3n) is 5.97. The van der Waals surface area contributed by atoms with E-state index in [1.54, 1.807) is 59.7 Å². The molecule has 0 aliphatic heterocycles. The van der Waals surface area contributed by atoms with Crippen LogP contribution in [0.3, 0.4) is 0 Å². The number of alkyl halides is 3. The Morgan fingerprint density at radius 3 is 2.09 bits per heavy atom. The predicted octanol–water partition coefficient (Wildman–Crippen LogP) is 5.89. The molecule has 0 fully saturated rings. The lowest BCUT2D eigenvalue weighted by Crippen LogP contribution is -2.47. The number of benzene rings is 1. The van der Waals surface area contributed by atoms with Gasteiger partial charge in [-0.2, -0.15) is 13.2 Å². The predicted molar refractivity (Wildman–Crippen MR) is 156 cm³/mol. The summed E-state index contributed by atoms with van der Waals surface area (Å²) in [7, 11) is -4.29. The van der Waals surface area contributed by atoms with Crippen LogP contribution in [0.15, 0.2) is 36.5 Å². The number of nitrogens with zero attached hydrogens (tertiary/aromatic N) is 1. The van der Waals surface area contributed by atoms with Gasteiger partial charge in [-0.3, -0.25) is 4.98 Å². The zero-order valence-electron chi connectivity index (χ0n) is 25.1. The third-order valence-corrected chi connectivity index (χ3v) is 7.96. The average molecular weight is 651 g/mol. The SMILES string of the molecule is Cc1ccc(-c2ccc(C(O)(CCS(=O)(=O)CC[C@H](NC(=O)OC(C)(C)C)C(=O)OC(C)(C)C)C(F)(F)F)nc2)c(Cl)c1. The van der Waals surface area contributed by atoms with E-state index in [9.17, 15) is 36.3 Å². The molecule has 1 aromatic carbocycles. The van der Waals surface area contributed by atoms with Crippen molar-refractivity contribution in [2.75, 3.05) is 11.5 Å². The molecule has 14 heteroatoms. The van der Waals surface area contributed by atoms with E-state index in [0.717, 1.165) is 17.8 Å². The molecule has 2 N–H and O–H groups in total. The number of pyridine rings is 1. The monoisotopic (exact) mass is 650 g/mol. The Morgan fingerprint density at radius 2 is 1.60 bits per heavy atom. The molecule has 2 atom stereocenters. The maximum atomic E-state index is 14.1. The van der Waals surface area contributed by atoms with Crippen LogP contribution >= 0.6 is 11.6 Å². The number of amides is 1. The van der Waals surface area contributed by atoms with E-state index < -0.39 is 81.0 Å². The van der Waals surface area contributed by atoms with Crippen molar-refractivity contribution < 1.29 is 45.8 Å². The van der Waals surface area contributed by atoms with E-state index >= 15 is 0 Å². The number of carbonyl (C=O) groups excluding carboxylic acids is 2. The fourth-order valence-corrected chi connectivity index (χ4v) is 5.59. The highest BCUT2D eigenvalue weighted by Crippen LogP contribution is 2.41. The second-order valence-corrected chi connectivity index (χ2v) is 14.9. The molecular formula is C29H38ClF3N2O7S. The largest absolute Gasteiger partial charge is 0.458 e. The van der Waals surface area contributed by atoms with Gasteiger partial charge in [0.2, 0.25) is 5.60 Å². The molecule has 0 aliphatic carbocycles. The number of ether oxygens (including phenoxy) is 2. The van der Waals surface area contributed by atoms with E-state index in [1.807, 2.05) is 6.92 Å². The van der Waals surface area contributed by atoms with Gasteiger partial charge >= 0.3 is 18.2 Å². The molecule has 0 saturated carbocycles. The first kappa shape index (κ1) is 36.3. The molecule has 0 saturated heterocycles. The second-order valence-electron chi connectivity index (χ2n) is 12.2. The summed E-state index contributed by atoms with van der Waals surface area (Å²) in [6.45, 7) is 11.3. The topological polar surface area (TPSA) is 132 Å². The lowest BCUT2D eigenvalue weighted by atomic mass is 9.94. The smallest absolute Gasteiger partial charge is 0.423 e. The zero-order chi connectivity index (χ0) is 33.0. The van der Waals surface area contributed by atoms with E-state index in [2.05, 4.69) is 10.3 Å². The maximum Gasteiger partial charge on any atom is 0.423 e. The number of aliphatic hydroxyl groups is 1. The Kier molecular flexibility index (Phi) is 11.3. The standard InChI is InChI=1S/C29H38ClF3N2O7S/c1-18-8-10-20(21(30)16-18)19-9-11-23(34-17-19)28(38,29(31,32)33)13-15-43(39,40)14-12-22(24(36)41-26(2,3)4)35-25(37)42-27(5,6)7/h8-11,16-17,22,38H,12-15H2,1-7H3,(H,35,37)/t22-,28?/m0/s1. The van der Waals surface area contributed by atoms with E-state index in [4.69, 9.17) is 21.1 Å². The van der Waals surface area contributed by atoms with Crippen LogP contribution in [0.2, 0.25) is 5.02 Å². The first-order valence-electron chi connectivity index (χ1n) is 13.4. The van der Waals surface area contributed by atoms with Gasteiger partial charge < -0.3 is 19.9 Å². The summed E-state index contributed by atoms with van der Waals surface area (Å²) in [5, 5.41) is 13.4. The van der Waals surface area contributed by atoms with Gasteiger partial charge in [-0.15, -0.1) is 0 Å². The van der Waals surface area contributed by atoms with Crippen LogP contribution in [-0.4, -0.2) is 65.5 Å². The number of nitrogens with one attached hydrogen (secondary N) is 1. The number of carbonyl (C=O) groups is 2. The number of rotatable bonds is 10. The zero-order valence-corrected chi connectivity index (χ0v) is 26.7. The Labute approximate surface area is 255 Å². The molecule has 0 radical (unpaired) electrons. The van der Waals surface area contributed by atoms with Gasteiger partial charge in [-0.05, 0) is 72.6 Å². The van der Waals surface area contributed by atoms with Crippen LogP contribution in [0.4, 0.5) is 18.0 Å². The fourth-order valence-electron chi connectivity index (χ4n) is 3.84. The summed E-state index contributed by atoms with van der Waals surface area (Å²) in [6.07, 6.45) is -6.92. The van der Waals surface area contributed by atoms with E-state index in [0.29, 0.717) is 16.1 Å². The van der Waals surface area contributed by atoms with Gasteiger partial charge in [0.1, 0.15) is 17.2 Å².